The molecular formula is C38H29N3O7. The molecule has 5 fully saturated rings. The molecule has 3 aliphatic carbocycles. The van der Waals surface area contributed by atoms with Gasteiger partial charge in [-0.25, -0.2) is 9.80 Å². The van der Waals surface area contributed by atoms with Crippen molar-refractivity contribution < 1.29 is 33.5 Å². The van der Waals surface area contributed by atoms with Crippen LogP contribution < -0.4 is 14.7 Å². The van der Waals surface area contributed by atoms with Gasteiger partial charge in [0, 0.05) is 0 Å². The van der Waals surface area contributed by atoms with Gasteiger partial charge in [-0.3, -0.25) is 33.7 Å². The Bertz CT molecular complexity index is 1890. The van der Waals surface area contributed by atoms with Crippen LogP contribution in [0.15, 0.2) is 102 Å². The number of rotatable bonds is 3. The van der Waals surface area contributed by atoms with E-state index in [0.29, 0.717) is 17.1 Å². The van der Waals surface area contributed by atoms with Gasteiger partial charge in [0.05, 0.1) is 64.8 Å². The first kappa shape index (κ1) is 27.9. The highest BCUT2D eigenvalue weighted by atomic mass is 16.5. The molecule has 3 aromatic carbocycles. The topological polar surface area (TPSA) is 121 Å². The van der Waals surface area contributed by atoms with Crippen molar-refractivity contribution in [3.8, 4) is 0 Å². The van der Waals surface area contributed by atoms with Crippen LogP contribution in [0.4, 0.5) is 17.1 Å². The Morgan fingerprint density at radius 2 is 0.708 bits per heavy atom. The fourth-order valence-electron chi connectivity index (χ4n) is 10.2. The van der Waals surface area contributed by atoms with Crippen molar-refractivity contribution in [1.82, 2.24) is 0 Å². The molecule has 0 bridgehead atoms. The van der Waals surface area contributed by atoms with Gasteiger partial charge < -0.3 is 4.74 Å². The second-order valence-corrected chi connectivity index (χ2v) is 13.9. The van der Waals surface area contributed by atoms with Gasteiger partial charge in [-0.1, -0.05) is 54.6 Å². The van der Waals surface area contributed by atoms with Gasteiger partial charge >= 0.3 is 0 Å². The van der Waals surface area contributed by atoms with Gasteiger partial charge in [0.25, 0.3) is 0 Å². The molecule has 7 aliphatic rings. The van der Waals surface area contributed by atoms with Gasteiger partial charge in [0.1, 0.15) is 0 Å². The maximum absolute atomic E-state index is 14.5. The van der Waals surface area contributed by atoms with E-state index in [1.54, 1.807) is 72.8 Å². The lowest BCUT2D eigenvalue weighted by Gasteiger charge is -2.46. The molecule has 2 saturated carbocycles. The zero-order valence-corrected chi connectivity index (χ0v) is 25.5. The van der Waals surface area contributed by atoms with Crippen LogP contribution >= 0.6 is 0 Å². The Morgan fingerprint density at radius 1 is 0.396 bits per heavy atom. The van der Waals surface area contributed by atoms with Crippen molar-refractivity contribution in [3.63, 3.8) is 0 Å². The van der Waals surface area contributed by atoms with E-state index in [-0.39, 0.29) is 48.3 Å². The molecule has 10 nitrogen and oxygen atoms in total. The van der Waals surface area contributed by atoms with E-state index in [2.05, 4.69) is 0 Å². The molecular weight excluding hydrogens is 610 g/mol. The van der Waals surface area contributed by atoms with Crippen molar-refractivity contribution in [2.45, 2.75) is 25.0 Å². The normalized spacial score (nSPS) is 36.1. The predicted molar refractivity (Wildman–Crippen MR) is 170 cm³/mol. The van der Waals surface area contributed by atoms with Crippen LogP contribution in [0.2, 0.25) is 0 Å². The minimum Gasteiger partial charge on any atom is -0.365 e. The number of para-hydroxylation sites is 3. The smallest absolute Gasteiger partial charge is 0.240 e. The average Bonchev–Trinajstić information content (AvgIpc) is 3.78. The number of anilines is 3. The molecule has 3 saturated heterocycles. The molecule has 0 spiro atoms. The summed E-state index contributed by atoms with van der Waals surface area (Å²) in [5.74, 6) is -7.95. The number of benzene rings is 3. The van der Waals surface area contributed by atoms with Gasteiger partial charge in [0.2, 0.25) is 35.4 Å². The first-order valence-electron chi connectivity index (χ1n) is 16.5. The third-order valence-corrected chi connectivity index (χ3v) is 12.0. The van der Waals surface area contributed by atoms with E-state index in [4.69, 9.17) is 4.74 Å². The third kappa shape index (κ3) is 3.35. The molecule has 10 atom stereocenters. The van der Waals surface area contributed by atoms with Crippen LogP contribution in [0.5, 0.6) is 0 Å². The van der Waals surface area contributed by atoms with Crippen LogP contribution in [0.25, 0.3) is 0 Å². The zero-order chi connectivity index (χ0) is 32.6. The highest BCUT2D eigenvalue weighted by Crippen LogP contribution is 2.65. The summed E-state index contributed by atoms with van der Waals surface area (Å²) in [6, 6.07) is 26.3. The van der Waals surface area contributed by atoms with Crippen molar-refractivity contribution >= 4 is 52.5 Å². The number of carbonyl (C=O) groups excluding carboxylic acids is 6. The molecule has 4 heterocycles. The van der Waals surface area contributed by atoms with Gasteiger partial charge in [-0.05, 0) is 72.2 Å². The van der Waals surface area contributed by atoms with E-state index >= 15 is 0 Å². The number of amides is 6. The van der Waals surface area contributed by atoms with E-state index in [1.165, 1.54) is 14.7 Å². The number of hydrogen-bond acceptors (Lipinski definition) is 7. The fraction of sp³-hybridized carbons (Fsp3) is 0.316. The Kier molecular flexibility index (Phi) is 5.61. The standard InChI is InChI=1S/C38H29N3O7/c42-33-23-16-21-25-26-22(28-27(21)35(44)41(36(28)45)20-14-8-3-9-15-20)17-24-30(38(47)40(34(24)43)19-12-6-2-7-13-19)32(26)48-31(25)29(23)37(46)39(33)18-10-4-1-5-11-18/h1-15,21-24,27-32H,16-17H2/t21-,22+,23-,24-,27+,28-,29-,30-,31+,32+/m1/s1. The quantitative estimate of drug-likeness (QED) is 0.318. The van der Waals surface area contributed by atoms with Crippen LogP contribution in [0.3, 0.4) is 0 Å². The van der Waals surface area contributed by atoms with Crippen molar-refractivity contribution in [2.24, 2.45) is 47.3 Å². The predicted octanol–water partition coefficient (Wildman–Crippen LogP) is 3.52. The summed E-state index contributed by atoms with van der Waals surface area (Å²) in [6.45, 7) is 0. The molecule has 3 aromatic rings. The Labute approximate surface area is 274 Å². The first-order chi connectivity index (χ1) is 23.4. The van der Waals surface area contributed by atoms with E-state index in [9.17, 15) is 28.8 Å². The Morgan fingerprint density at radius 3 is 1.06 bits per heavy atom. The van der Waals surface area contributed by atoms with Crippen molar-refractivity contribution in [3.05, 3.63) is 102 Å². The van der Waals surface area contributed by atoms with Gasteiger partial charge in [-0.15, -0.1) is 0 Å². The molecule has 48 heavy (non-hydrogen) atoms. The molecule has 0 radical (unpaired) electrons. The first-order valence-corrected chi connectivity index (χ1v) is 16.5. The lowest BCUT2D eigenvalue weighted by molar-refractivity contribution is -0.135. The summed E-state index contributed by atoms with van der Waals surface area (Å²) in [7, 11) is 0. The number of imide groups is 3. The van der Waals surface area contributed by atoms with Gasteiger partial charge in [-0.2, -0.15) is 0 Å². The molecule has 10 heteroatoms. The van der Waals surface area contributed by atoms with Gasteiger partial charge in [0.15, 0.2) is 0 Å². The molecule has 0 aromatic heterocycles. The summed E-state index contributed by atoms with van der Waals surface area (Å²) in [4.78, 5) is 89.2. The number of carbonyl (C=O) groups is 6. The summed E-state index contributed by atoms with van der Waals surface area (Å²) in [5.41, 5.74) is 2.98. The Balaban J connectivity index is 1.13. The molecule has 238 valence electrons. The molecule has 4 aliphatic heterocycles. The number of fused-ring (bicyclic) bond motifs is 7. The maximum atomic E-state index is 14.5. The van der Waals surface area contributed by atoms with Crippen molar-refractivity contribution in [1.29, 1.82) is 0 Å². The molecule has 10 rings (SSSR count). The number of nitrogens with zero attached hydrogens (tertiary/aromatic N) is 3. The second-order valence-electron chi connectivity index (χ2n) is 13.9. The molecule has 6 amide bonds. The minimum atomic E-state index is -0.844. The van der Waals surface area contributed by atoms with Crippen LogP contribution in [0.1, 0.15) is 12.8 Å². The lowest BCUT2D eigenvalue weighted by atomic mass is 9.53. The van der Waals surface area contributed by atoms with Crippen LogP contribution in [-0.2, 0) is 33.5 Å². The highest BCUT2D eigenvalue weighted by molar-refractivity contribution is 6.25. The average molecular weight is 640 g/mol. The summed E-state index contributed by atoms with van der Waals surface area (Å²) < 4.78 is 6.82. The summed E-state index contributed by atoms with van der Waals surface area (Å²) in [5, 5.41) is 0. The summed E-state index contributed by atoms with van der Waals surface area (Å²) in [6.07, 6.45) is -1.25. The molecule has 0 unspecified atom stereocenters. The molecule has 0 N–H and O–H groups in total. The maximum Gasteiger partial charge on any atom is 0.240 e. The van der Waals surface area contributed by atoms with Crippen LogP contribution in [0, 0.1) is 47.3 Å². The van der Waals surface area contributed by atoms with Crippen LogP contribution in [-0.4, -0.2) is 47.7 Å². The van der Waals surface area contributed by atoms with E-state index < -0.39 is 59.6 Å². The minimum absolute atomic E-state index is 0.219. The summed E-state index contributed by atoms with van der Waals surface area (Å²) >= 11 is 0. The largest absolute Gasteiger partial charge is 0.365 e. The third-order valence-electron chi connectivity index (χ3n) is 12.0. The monoisotopic (exact) mass is 639 g/mol. The van der Waals surface area contributed by atoms with Crippen molar-refractivity contribution in [2.75, 3.05) is 14.7 Å². The lowest BCUT2D eigenvalue weighted by Crippen LogP contribution is -2.49. The zero-order valence-electron chi connectivity index (χ0n) is 25.5. The Hall–Kier alpha value is -5.22. The van der Waals surface area contributed by atoms with E-state index in [1.807, 2.05) is 18.2 Å². The fourth-order valence-corrected chi connectivity index (χ4v) is 10.2. The van der Waals surface area contributed by atoms with E-state index in [0.717, 1.165) is 11.1 Å². The number of ether oxygens (including phenoxy) is 1. The number of hydrogen-bond donors (Lipinski definition) is 0. The highest BCUT2D eigenvalue weighted by Gasteiger charge is 2.72. The SMILES string of the molecule is O=C1[C@@H]2[C@H](C(=O)N1c1ccccc1)[C@H]1C[C@H]3C(=O)N(c4ccccc4)C(=O)[C@H]3[C@H]3O[C@H]4C(=C13)[C@H]2C[C@H]1C(=O)N(c2ccccc2)C(=O)[C@H]14. The second kappa shape index (κ2) is 9.67.